The average Bonchev–Trinajstić information content (AvgIpc) is 2.33. The second-order valence-electron chi connectivity index (χ2n) is 1.74. The number of fused-ring (bicyclic) bond motifs is 1. The molecular weight excluding hydrogens is 132 g/mol. The highest BCUT2D eigenvalue weighted by Crippen LogP contribution is 2.13. The lowest BCUT2D eigenvalue weighted by molar-refractivity contribution is 1.08. The van der Waals surface area contributed by atoms with Gasteiger partial charge in [-0.3, -0.25) is 0 Å². The van der Waals surface area contributed by atoms with Crippen LogP contribution in [0, 0.1) is 0 Å². The van der Waals surface area contributed by atoms with E-state index in [9.17, 15) is 0 Å². The van der Waals surface area contributed by atoms with Crippen LogP contribution in [-0.2, 0) is 0 Å². The first kappa shape index (κ1) is 4.88. The number of aromatic nitrogens is 2. The highest BCUT2D eigenvalue weighted by atomic mass is 32.1. The molecule has 3 heteroatoms. The van der Waals surface area contributed by atoms with E-state index in [0.29, 0.717) is 0 Å². The molecule has 0 bridgehead atoms. The predicted octanol–water partition coefficient (Wildman–Crippen LogP) is 1.69. The number of rotatable bonds is 0. The first-order chi connectivity index (χ1) is 4.47. The van der Waals surface area contributed by atoms with E-state index >= 15 is 0 Å². The van der Waals surface area contributed by atoms with Crippen LogP contribution in [0.3, 0.4) is 0 Å². The zero-order valence-electron chi connectivity index (χ0n) is 4.61. The summed E-state index contributed by atoms with van der Waals surface area (Å²) in [6.07, 6.45) is 1.70. The monoisotopic (exact) mass is 136 g/mol. The first-order valence-electron chi connectivity index (χ1n) is 2.60. The van der Waals surface area contributed by atoms with Crippen LogP contribution in [0.1, 0.15) is 0 Å². The van der Waals surface area contributed by atoms with Gasteiger partial charge in [0.25, 0.3) is 0 Å². The maximum atomic E-state index is 3.90. The van der Waals surface area contributed by atoms with Gasteiger partial charge in [-0.05, 0) is 6.07 Å². The van der Waals surface area contributed by atoms with Crippen molar-refractivity contribution in [1.82, 2.24) is 10.2 Å². The third kappa shape index (κ3) is 0.695. The summed E-state index contributed by atoms with van der Waals surface area (Å²) in [6, 6.07) is 1.96. The van der Waals surface area contributed by atoms with E-state index < -0.39 is 0 Å². The highest BCUT2D eigenvalue weighted by Gasteiger charge is 1.90. The van der Waals surface area contributed by atoms with Gasteiger partial charge in [0.1, 0.15) is 5.52 Å². The molecule has 0 unspecified atom stereocenters. The summed E-state index contributed by atoms with van der Waals surface area (Å²) < 4.78 is 0. The fourth-order valence-electron chi connectivity index (χ4n) is 0.715. The van der Waals surface area contributed by atoms with E-state index in [4.69, 9.17) is 0 Å². The van der Waals surface area contributed by atoms with Gasteiger partial charge in [-0.15, -0.1) is 16.4 Å². The van der Waals surface area contributed by atoms with Gasteiger partial charge in [0.05, 0.1) is 6.20 Å². The van der Waals surface area contributed by atoms with Crippen molar-refractivity contribution < 1.29 is 0 Å². The summed E-state index contributed by atoms with van der Waals surface area (Å²) in [7, 11) is 0. The Morgan fingerprint density at radius 2 is 2.33 bits per heavy atom. The summed E-state index contributed by atoms with van der Waals surface area (Å²) >= 11 is 1.65. The Bertz CT molecular complexity index is 285. The van der Waals surface area contributed by atoms with Crippen molar-refractivity contribution in [3.05, 3.63) is 23.0 Å². The second kappa shape index (κ2) is 1.77. The molecule has 44 valence electrons. The minimum atomic E-state index is 0.988. The smallest absolute Gasteiger partial charge is 0.104 e. The molecule has 0 aromatic carbocycles. The van der Waals surface area contributed by atoms with Crippen molar-refractivity contribution in [3.8, 4) is 0 Å². The molecule has 0 spiro atoms. The quantitative estimate of drug-likeness (QED) is 0.550. The van der Waals surface area contributed by atoms with Crippen molar-refractivity contribution in [2.45, 2.75) is 0 Å². The van der Waals surface area contributed by atoms with Gasteiger partial charge in [-0.25, -0.2) is 0 Å². The van der Waals surface area contributed by atoms with E-state index in [1.54, 1.807) is 17.5 Å². The summed E-state index contributed by atoms with van der Waals surface area (Å²) in [5.74, 6) is 0. The molecule has 0 aliphatic heterocycles. The third-order valence-electron chi connectivity index (χ3n) is 1.16. The fourth-order valence-corrected chi connectivity index (χ4v) is 1.44. The Morgan fingerprint density at radius 3 is 3.22 bits per heavy atom. The van der Waals surface area contributed by atoms with Gasteiger partial charge in [0.15, 0.2) is 0 Å². The zero-order valence-corrected chi connectivity index (χ0v) is 5.43. The largest absolute Gasteiger partial charge is 0.158 e. The van der Waals surface area contributed by atoms with Gasteiger partial charge in [0, 0.05) is 16.1 Å². The molecular formula is C6H4N2S. The summed E-state index contributed by atoms with van der Waals surface area (Å²) in [5, 5.41) is 12.9. The predicted molar refractivity (Wildman–Crippen MR) is 37.4 cm³/mol. The van der Waals surface area contributed by atoms with Gasteiger partial charge in [-0.1, -0.05) is 0 Å². The molecule has 0 atom stereocenters. The van der Waals surface area contributed by atoms with Crippen LogP contribution in [-0.4, -0.2) is 10.2 Å². The van der Waals surface area contributed by atoms with E-state index in [1.165, 1.54) is 5.39 Å². The molecule has 9 heavy (non-hydrogen) atoms. The Balaban J connectivity index is 2.95. The number of nitrogens with zero attached hydrogens (tertiary/aromatic N) is 2. The third-order valence-corrected chi connectivity index (χ3v) is 1.91. The Labute approximate surface area is 56.2 Å². The lowest BCUT2D eigenvalue weighted by Gasteiger charge is -1.80. The molecule has 2 heterocycles. The number of thiophene rings is 1. The number of hydrogen-bond donors (Lipinski definition) is 0. The molecule has 2 rings (SSSR count). The van der Waals surface area contributed by atoms with Crippen LogP contribution in [0.25, 0.3) is 10.9 Å². The summed E-state index contributed by atoms with van der Waals surface area (Å²) in [4.78, 5) is 0. The van der Waals surface area contributed by atoms with Crippen LogP contribution >= 0.6 is 11.3 Å². The molecule has 2 nitrogen and oxygen atoms in total. The molecule has 2 aromatic heterocycles. The molecule has 0 radical (unpaired) electrons. The molecule has 0 fully saturated rings. The molecule has 0 aliphatic rings. The van der Waals surface area contributed by atoms with E-state index in [1.807, 2.05) is 11.4 Å². The van der Waals surface area contributed by atoms with E-state index in [-0.39, 0.29) is 0 Å². The van der Waals surface area contributed by atoms with E-state index in [0.717, 1.165) is 5.52 Å². The molecule has 0 saturated carbocycles. The van der Waals surface area contributed by atoms with Gasteiger partial charge < -0.3 is 0 Å². The van der Waals surface area contributed by atoms with Gasteiger partial charge >= 0.3 is 0 Å². The standard InChI is InChI=1S/C6H4N2S/c1-2-7-8-6-4-9-3-5(1)6/h1-4H. The van der Waals surface area contributed by atoms with Gasteiger partial charge in [-0.2, -0.15) is 5.10 Å². The van der Waals surface area contributed by atoms with Crippen LogP contribution in [0.5, 0.6) is 0 Å². The Hall–Kier alpha value is -0.960. The lowest BCUT2D eigenvalue weighted by Crippen LogP contribution is -1.75. The second-order valence-corrected chi connectivity index (χ2v) is 2.49. The first-order valence-corrected chi connectivity index (χ1v) is 3.55. The Morgan fingerprint density at radius 1 is 1.33 bits per heavy atom. The molecule has 0 aliphatic carbocycles. The zero-order chi connectivity index (χ0) is 6.10. The minimum absolute atomic E-state index is 0.988. The lowest BCUT2D eigenvalue weighted by atomic mass is 10.4. The van der Waals surface area contributed by atoms with Crippen molar-refractivity contribution in [3.63, 3.8) is 0 Å². The van der Waals surface area contributed by atoms with E-state index in [2.05, 4.69) is 15.6 Å². The summed E-state index contributed by atoms with van der Waals surface area (Å²) in [5.41, 5.74) is 0.988. The fraction of sp³-hybridized carbons (Fsp3) is 0. The SMILES string of the molecule is c1cc2cscc2nn1. The highest BCUT2D eigenvalue weighted by molar-refractivity contribution is 7.09. The van der Waals surface area contributed by atoms with Crippen LogP contribution in [0.15, 0.2) is 23.0 Å². The van der Waals surface area contributed by atoms with Crippen molar-refractivity contribution in [1.29, 1.82) is 0 Å². The van der Waals surface area contributed by atoms with Crippen molar-refractivity contribution >= 4 is 22.2 Å². The maximum absolute atomic E-state index is 3.90. The average molecular weight is 136 g/mol. The van der Waals surface area contributed by atoms with Crippen molar-refractivity contribution in [2.75, 3.05) is 0 Å². The molecule has 2 aromatic rings. The maximum Gasteiger partial charge on any atom is 0.104 e. The van der Waals surface area contributed by atoms with Gasteiger partial charge in [0.2, 0.25) is 0 Å². The normalized spacial score (nSPS) is 10.2. The van der Waals surface area contributed by atoms with Crippen LogP contribution in [0.2, 0.25) is 0 Å². The number of hydrogen-bond acceptors (Lipinski definition) is 3. The molecule has 0 saturated heterocycles. The van der Waals surface area contributed by atoms with Crippen molar-refractivity contribution in [2.24, 2.45) is 0 Å². The van der Waals surface area contributed by atoms with Crippen LogP contribution < -0.4 is 0 Å². The summed E-state index contributed by atoms with van der Waals surface area (Å²) in [6.45, 7) is 0. The molecule has 0 amide bonds. The minimum Gasteiger partial charge on any atom is -0.158 e. The topological polar surface area (TPSA) is 25.8 Å². The van der Waals surface area contributed by atoms with Crippen LogP contribution in [0.4, 0.5) is 0 Å². The Kier molecular flexibility index (Phi) is 0.960. The molecule has 0 N–H and O–H groups in total.